The van der Waals surface area contributed by atoms with Crippen LogP contribution in [0.2, 0.25) is 0 Å². The SMILES string of the molecule is CCCCCCCCCCCCCCCC(=O)C(C(=O)CCCCCCCCCCCCCCC)(C(=O)NC(CS)C(=O)O)C(=O)[C@@H](O)CO. The maximum Gasteiger partial charge on any atom is 0.327 e. The number of amides is 1. The summed E-state index contributed by atoms with van der Waals surface area (Å²) in [6.45, 7) is 3.35. The molecule has 1 amide bonds. The van der Waals surface area contributed by atoms with Crippen molar-refractivity contribution in [2.45, 2.75) is 206 Å². The Balaban J connectivity index is 5.24. The maximum absolute atomic E-state index is 13.8. The van der Waals surface area contributed by atoms with Gasteiger partial charge in [-0.05, 0) is 12.8 Å². The van der Waals surface area contributed by atoms with Crippen molar-refractivity contribution in [3.05, 3.63) is 0 Å². The second-order valence-electron chi connectivity index (χ2n) is 14.2. The lowest BCUT2D eigenvalue weighted by Crippen LogP contribution is -2.62. The summed E-state index contributed by atoms with van der Waals surface area (Å²) in [6.07, 6.45) is 25.4. The van der Waals surface area contributed by atoms with Crippen LogP contribution in [0, 0.1) is 5.41 Å². The minimum Gasteiger partial charge on any atom is -0.480 e. The summed E-state index contributed by atoms with van der Waals surface area (Å²) in [5.74, 6) is -6.47. The zero-order valence-corrected chi connectivity index (χ0v) is 32.6. The molecule has 10 heteroatoms. The van der Waals surface area contributed by atoms with Crippen LogP contribution in [0.25, 0.3) is 0 Å². The third-order valence-electron chi connectivity index (χ3n) is 9.82. The normalized spacial score (nSPS) is 12.8. The molecule has 0 aliphatic carbocycles. The fraction of sp³-hybridized carbons (Fsp3) is 0.875. The van der Waals surface area contributed by atoms with Gasteiger partial charge in [0.05, 0.1) is 6.61 Å². The van der Waals surface area contributed by atoms with E-state index in [0.29, 0.717) is 25.7 Å². The number of hydrogen-bond donors (Lipinski definition) is 5. The summed E-state index contributed by atoms with van der Waals surface area (Å²) in [6, 6.07) is -1.56. The van der Waals surface area contributed by atoms with Crippen LogP contribution in [0.4, 0.5) is 0 Å². The van der Waals surface area contributed by atoms with Gasteiger partial charge in [0.2, 0.25) is 11.3 Å². The smallest absolute Gasteiger partial charge is 0.327 e. The monoisotopic (exact) mass is 728 g/mol. The van der Waals surface area contributed by atoms with Crippen LogP contribution in [-0.4, -0.2) is 69.1 Å². The summed E-state index contributed by atoms with van der Waals surface area (Å²) in [7, 11) is 0. The highest BCUT2D eigenvalue weighted by atomic mass is 32.1. The lowest BCUT2D eigenvalue weighted by atomic mass is 9.69. The van der Waals surface area contributed by atoms with Crippen LogP contribution in [0.3, 0.4) is 0 Å². The first kappa shape index (κ1) is 48.2. The van der Waals surface area contributed by atoms with E-state index in [1.807, 2.05) is 0 Å². The summed E-state index contributed by atoms with van der Waals surface area (Å²) >= 11 is 3.97. The second-order valence-corrected chi connectivity index (χ2v) is 14.6. The van der Waals surface area contributed by atoms with Crippen LogP contribution in [0.1, 0.15) is 194 Å². The predicted molar refractivity (Wildman–Crippen MR) is 205 cm³/mol. The average Bonchev–Trinajstić information content (AvgIpc) is 3.10. The molecule has 50 heavy (non-hydrogen) atoms. The first-order chi connectivity index (χ1) is 24.1. The average molecular weight is 728 g/mol. The van der Waals surface area contributed by atoms with E-state index in [2.05, 4.69) is 31.8 Å². The molecule has 0 radical (unpaired) electrons. The summed E-state index contributed by atoms with van der Waals surface area (Å²) in [5.41, 5.74) is -2.92. The summed E-state index contributed by atoms with van der Waals surface area (Å²) in [5, 5.41) is 31.6. The van der Waals surface area contributed by atoms with Gasteiger partial charge in [0.25, 0.3) is 0 Å². The molecule has 0 rings (SSSR count). The number of carbonyl (C=O) groups excluding carboxylic acids is 4. The molecule has 292 valence electrons. The van der Waals surface area contributed by atoms with Gasteiger partial charge in [0, 0.05) is 18.6 Å². The molecule has 0 spiro atoms. The highest BCUT2D eigenvalue weighted by molar-refractivity contribution is 7.80. The fourth-order valence-corrected chi connectivity index (χ4v) is 6.81. The molecule has 0 fully saturated rings. The maximum atomic E-state index is 13.8. The molecule has 0 heterocycles. The van der Waals surface area contributed by atoms with Crippen molar-refractivity contribution in [2.24, 2.45) is 5.41 Å². The lowest BCUT2D eigenvalue weighted by Gasteiger charge is -2.31. The number of thiol groups is 1. The van der Waals surface area contributed by atoms with Crippen LogP contribution in [0.5, 0.6) is 0 Å². The molecular formula is C40H73NO8S. The van der Waals surface area contributed by atoms with Crippen molar-refractivity contribution in [3.63, 3.8) is 0 Å². The molecule has 0 saturated heterocycles. The van der Waals surface area contributed by atoms with Gasteiger partial charge in [-0.2, -0.15) is 12.6 Å². The van der Waals surface area contributed by atoms with E-state index in [0.717, 1.165) is 51.4 Å². The molecule has 0 aromatic carbocycles. The van der Waals surface area contributed by atoms with E-state index in [9.17, 15) is 39.3 Å². The van der Waals surface area contributed by atoms with Crippen molar-refractivity contribution in [2.75, 3.05) is 12.4 Å². The van der Waals surface area contributed by atoms with E-state index < -0.39 is 53.4 Å². The highest BCUT2D eigenvalue weighted by Crippen LogP contribution is 2.30. The second kappa shape index (κ2) is 31.9. The number of aliphatic hydroxyl groups excluding tert-OH is 2. The zero-order chi connectivity index (χ0) is 37.5. The Hall–Kier alpha value is -1.78. The van der Waals surface area contributed by atoms with Crippen LogP contribution < -0.4 is 5.32 Å². The number of carbonyl (C=O) groups is 5. The van der Waals surface area contributed by atoms with Gasteiger partial charge in [-0.25, -0.2) is 4.79 Å². The van der Waals surface area contributed by atoms with Gasteiger partial charge in [-0.15, -0.1) is 0 Å². The number of aliphatic carboxylic acids is 1. The Bertz CT molecular complexity index is 885. The van der Waals surface area contributed by atoms with Gasteiger partial charge in [0.1, 0.15) is 12.1 Å². The van der Waals surface area contributed by atoms with E-state index in [-0.39, 0.29) is 18.6 Å². The summed E-state index contributed by atoms with van der Waals surface area (Å²) in [4.78, 5) is 66.6. The zero-order valence-electron chi connectivity index (χ0n) is 31.7. The van der Waals surface area contributed by atoms with Gasteiger partial charge >= 0.3 is 5.97 Å². The molecule has 9 nitrogen and oxygen atoms in total. The number of ketones is 3. The molecule has 0 aliphatic heterocycles. The largest absolute Gasteiger partial charge is 0.480 e. The Morgan fingerprint density at radius 1 is 0.560 bits per heavy atom. The van der Waals surface area contributed by atoms with Crippen molar-refractivity contribution < 1.29 is 39.3 Å². The first-order valence-electron chi connectivity index (χ1n) is 20.2. The third kappa shape index (κ3) is 20.3. The van der Waals surface area contributed by atoms with Crippen LogP contribution in [-0.2, 0) is 24.0 Å². The molecule has 2 atom stereocenters. The minimum absolute atomic E-state index is 0.252. The molecule has 0 aromatic heterocycles. The van der Waals surface area contributed by atoms with Gasteiger partial charge in [-0.1, -0.05) is 168 Å². The minimum atomic E-state index is -2.92. The Labute approximate surface area is 309 Å². The highest BCUT2D eigenvalue weighted by Gasteiger charge is 2.59. The van der Waals surface area contributed by atoms with Crippen molar-refractivity contribution in [1.82, 2.24) is 5.32 Å². The van der Waals surface area contributed by atoms with Gasteiger partial charge < -0.3 is 20.6 Å². The molecule has 0 aromatic rings. The Morgan fingerprint density at radius 2 is 0.860 bits per heavy atom. The number of carboxylic acid groups (broad SMARTS) is 1. The fourth-order valence-electron chi connectivity index (χ4n) is 6.56. The molecule has 0 aliphatic rings. The van der Waals surface area contributed by atoms with Crippen LogP contribution >= 0.6 is 12.6 Å². The third-order valence-corrected chi connectivity index (χ3v) is 10.2. The standard InChI is InChI=1S/C40H73NO8S/c1-3-5-7-9-11-13-15-17-19-21-23-25-27-29-35(44)40(37(46)34(43)31-42,39(49)41-33(32-50)38(47)48)36(45)30-28-26-24-22-20-18-16-14-12-10-8-6-4-2/h33-34,42-43,50H,3-32H2,1-2H3,(H,41,49)(H,47,48)/t33?,34-/m0/s1. The molecule has 0 bridgehead atoms. The molecule has 0 saturated carbocycles. The quantitative estimate of drug-likeness (QED) is 0.0242. The number of hydrogen-bond acceptors (Lipinski definition) is 8. The van der Waals surface area contributed by atoms with E-state index in [1.165, 1.54) is 89.9 Å². The number of nitrogens with one attached hydrogen (secondary N) is 1. The lowest BCUT2D eigenvalue weighted by molar-refractivity contribution is -0.161. The number of Topliss-reactive ketones (excluding diaryl/α,β-unsaturated/α-hetero) is 3. The summed E-state index contributed by atoms with van der Waals surface area (Å²) < 4.78 is 0. The van der Waals surface area contributed by atoms with Crippen molar-refractivity contribution in [1.29, 1.82) is 0 Å². The number of aliphatic hydroxyl groups is 2. The number of carboxylic acids is 1. The van der Waals surface area contributed by atoms with Gasteiger partial charge in [-0.3, -0.25) is 19.2 Å². The van der Waals surface area contributed by atoms with E-state index in [4.69, 9.17) is 0 Å². The van der Waals surface area contributed by atoms with E-state index in [1.54, 1.807) is 0 Å². The Kier molecular flexibility index (Phi) is 30.8. The number of unbranched alkanes of at least 4 members (excludes halogenated alkanes) is 24. The van der Waals surface area contributed by atoms with E-state index >= 15 is 0 Å². The first-order valence-corrected chi connectivity index (χ1v) is 20.8. The Morgan fingerprint density at radius 3 is 1.12 bits per heavy atom. The molecule has 4 N–H and O–H groups in total. The predicted octanol–water partition coefficient (Wildman–Crippen LogP) is 8.50. The van der Waals surface area contributed by atoms with Crippen molar-refractivity contribution in [3.8, 4) is 0 Å². The van der Waals surface area contributed by atoms with Crippen LogP contribution in [0.15, 0.2) is 0 Å². The molecular weight excluding hydrogens is 655 g/mol. The number of rotatable bonds is 37. The van der Waals surface area contributed by atoms with Crippen molar-refractivity contribution >= 4 is 41.9 Å². The topological polar surface area (TPSA) is 158 Å². The van der Waals surface area contributed by atoms with Gasteiger partial charge in [0.15, 0.2) is 17.3 Å². The molecule has 1 unspecified atom stereocenters.